The molecule has 2 aromatic heterocycles. The Labute approximate surface area is 184 Å². The molecule has 0 saturated carbocycles. The van der Waals surface area contributed by atoms with Crippen LogP contribution in [0.5, 0.6) is 0 Å². The summed E-state index contributed by atoms with van der Waals surface area (Å²) in [6.07, 6.45) is 1.46. The molecule has 0 radical (unpaired) electrons. The molecule has 162 valence electrons. The number of sulfone groups is 1. The summed E-state index contributed by atoms with van der Waals surface area (Å²) in [5.74, 6) is 0.633. The van der Waals surface area contributed by atoms with E-state index in [1.165, 1.54) is 0 Å². The largest absolute Gasteiger partial charge is 0.467 e. The molecule has 4 heterocycles. The number of nitrogens with zero attached hydrogens (tertiary/aromatic N) is 3. The summed E-state index contributed by atoms with van der Waals surface area (Å²) >= 11 is 6.76. The van der Waals surface area contributed by atoms with Gasteiger partial charge in [-0.15, -0.1) is 0 Å². The number of aromatic nitrogens is 2. The Hall–Kier alpha value is -2.78. The van der Waals surface area contributed by atoms with Crippen molar-refractivity contribution in [3.63, 3.8) is 0 Å². The van der Waals surface area contributed by atoms with E-state index in [2.05, 4.69) is 10.4 Å². The van der Waals surface area contributed by atoms with E-state index in [9.17, 15) is 13.2 Å². The van der Waals surface area contributed by atoms with Crippen molar-refractivity contribution < 1.29 is 17.6 Å². The number of nitrogens with one attached hydrogen (secondary N) is 1. The lowest BCUT2D eigenvalue weighted by molar-refractivity contribution is 0.0651. The van der Waals surface area contributed by atoms with Gasteiger partial charge < -0.3 is 14.6 Å². The summed E-state index contributed by atoms with van der Waals surface area (Å²) in [4.78, 5) is 15.1. The minimum atomic E-state index is -3.09. The number of hydrogen-bond acceptors (Lipinski definition) is 6. The van der Waals surface area contributed by atoms with E-state index >= 15 is 0 Å². The third kappa shape index (κ3) is 3.51. The second-order valence-electron chi connectivity index (χ2n) is 7.90. The Morgan fingerprint density at radius 2 is 2.06 bits per heavy atom. The molecular weight excluding hydrogens is 440 g/mol. The van der Waals surface area contributed by atoms with Gasteiger partial charge in [-0.05, 0) is 37.6 Å². The van der Waals surface area contributed by atoms with Gasteiger partial charge in [-0.25, -0.2) is 13.1 Å². The minimum absolute atomic E-state index is 0.0171. The predicted octanol–water partition coefficient (Wildman–Crippen LogP) is 3.56. The molecule has 1 amide bonds. The number of fused-ring (bicyclic) bond motifs is 1. The van der Waals surface area contributed by atoms with E-state index in [-0.39, 0.29) is 30.0 Å². The number of aryl methyl sites for hydroxylation is 1. The maximum atomic E-state index is 13.4. The second-order valence-corrected chi connectivity index (χ2v) is 10.5. The highest BCUT2D eigenvalue weighted by Crippen LogP contribution is 2.40. The number of furan rings is 1. The van der Waals surface area contributed by atoms with Crippen molar-refractivity contribution in [2.45, 2.75) is 32.1 Å². The summed E-state index contributed by atoms with van der Waals surface area (Å²) in [6.45, 7) is 2.06. The summed E-state index contributed by atoms with van der Waals surface area (Å²) in [5, 5.41) is 8.32. The molecule has 1 N–H and O–H groups in total. The van der Waals surface area contributed by atoms with E-state index in [1.807, 2.05) is 31.2 Å². The van der Waals surface area contributed by atoms with Gasteiger partial charge in [-0.1, -0.05) is 23.7 Å². The van der Waals surface area contributed by atoms with Crippen molar-refractivity contribution in [2.75, 3.05) is 16.8 Å². The number of benzene rings is 1. The zero-order chi connectivity index (χ0) is 21.8. The van der Waals surface area contributed by atoms with E-state index in [0.717, 1.165) is 0 Å². The Kier molecular flexibility index (Phi) is 4.82. The van der Waals surface area contributed by atoms with Gasteiger partial charge in [0.1, 0.15) is 17.1 Å². The van der Waals surface area contributed by atoms with Gasteiger partial charge in [0.05, 0.1) is 47.2 Å². The number of hydrogen-bond donors (Lipinski definition) is 1. The monoisotopic (exact) mass is 460 g/mol. The number of rotatable bonds is 4. The van der Waals surface area contributed by atoms with Crippen LogP contribution in [0.3, 0.4) is 0 Å². The van der Waals surface area contributed by atoms with Gasteiger partial charge in [0, 0.05) is 5.69 Å². The van der Waals surface area contributed by atoms with E-state index in [4.69, 9.17) is 16.0 Å². The van der Waals surface area contributed by atoms with Gasteiger partial charge in [-0.2, -0.15) is 5.10 Å². The number of anilines is 1. The first-order valence-corrected chi connectivity index (χ1v) is 12.2. The Balaban J connectivity index is 1.58. The van der Waals surface area contributed by atoms with Crippen molar-refractivity contribution in [2.24, 2.45) is 0 Å². The quantitative estimate of drug-likeness (QED) is 0.639. The van der Waals surface area contributed by atoms with Gasteiger partial charge in [-0.3, -0.25) is 4.79 Å². The van der Waals surface area contributed by atoms with Gasteiger partial charge in [0.15, 0.2) is 9.84 Å². The van der Waals surface area contributed by atoms with Gasteiger partial charge >= 0.3 is 0 Å². The van der Waals surface area contributed by atoms with Crippen LogP contribution >= 0.6 is 11.6 Å². The second kappa shape index (κ2) is 7.42. The maximum absolute atomic E-state index is 13.4. The van der Waals surface area contributed by atoms with Crippen molar-refractivity contribution in [3.8, 4) is 0 Å². The third-order valence-corrected chi connectivity index (χ3v) is 7.95. The maximum Gasteiger partial charge on any atom is 0.258 e. The van der Waals surface area contributed by atoms with Crippen LogP contribution in [0.25, 0.3) is 0 Å². The smallest absolute Gasteiger partial charge is 0.258 e. The molecule has 1 fully saturated rings. The Morgan fingerprint density at radius 3 is 2.77 bits per heavy atom. The van der Waals surface area contributed by atoms with Crippen LogP contribution in [0, 0.1) is 6.92 Å². The lowest BCUT2D eigenvalue weighted by Crippen LogP contribution is -2.42. The third-order valence-electron chi connectivity index (χ3n) is 5.83. The molecule has 2 aliphatic heterocycles. The molecule has 0 spiro atoms. The van der Waals surface area contributed by atoms with Crippen LogP contribution < -0.4 is 5.32 Å². The van der Waals surface area contributed by atoms with Crippen LogP contribution in [-0.2, 0) is 16.4 Å². The number of carbonyl (C=O) groups is 1. The predicted molar refractivity (Wildman–Crippen MR) is 116 cm³/mol. The SMILES string of the molecule is Cc1nn([C@H]2CCS(=O)(=O)C2)c(Cl)c1[C@H]1Nc2ccccc2C(=O)N1Cc1ccco1. The topological polar surface area (TPSA) is 97.4 Å². The molecular formula is C21H21ClN4O4S. The molecule has 2 aliphatic rings. The molecule has 0 bridgehead atoms. The first-order chi connectivity index (χ1) is 14.8. The average Bonchev–Trinajstić information content (AvgIpc) is 3.44. The zero-order valence-electron chi connectivity index (χ0n) is 16.8. The first-order valence-electron chi connectivity index (χ1n) is 9.98. The summed E-state index contributed by atoms with van der Waals surface area (Å²) < 4.78 is 31.0. The van der Waals surface area contributed by atoms with Crippen LogP contribution in [0.2, 0.25) is 5.15 Å². The van der Waals surface area contributed by atoms with Crippen molar-refractivity contribution in [3.05, 3.63) is 70.4 Å². The average molecular weight is 461 g/mol. The van der Waals surface area contributed by atoms with Gasteiger partial charge in [0.2, 0.25) is 0 Å². The lowest BCUT2D eigenvalue weighted by Gasteiger charge is -2.37. The Morgan fingerprint density at radius 1 is 1.26 bits per heavy atom. The van der Waals surface area contributed by atoms with Crippen LogP contribution in [0.15, 0.2) is 47.1 Å². The number of halogens is 1. The molecule has 0 aliphatic carbocycles. The van der Waals surface area contributed by atoms with Crippen molar-refractivity contribution in [1.29, 1.82) is 0 Å². The van der Waals surface area contributed by atoms with Crippen molar-refractivity contribution >= 4 is 33.0 Å². The summed E-state index contributed by atoms with van der Waals surface area (Å²) in [5.41, 5.74) is 2.57. The van der Waals surface area contributed by atoms with E-state index in [1.54, 1.807) is 28.0 Å². The summed E-state index contributed by atoms with van der Waals surface area (Å²) in [7, 11) is -3.09. The highest BCUT2D eigenvalue weighted by atomic mass is 35.5. The fourth-order valence-electron chi connectivity index (χ4n) is 4.31. The van der Waals surface area contributed by atoms with Crippen LogP contribution in [0.1, 0.15) is 46.0 Å². The first kappa shape index (κ1) is 20.1. The molecule has 1 saturated heterocycles. The number of carbonyl (C=O) groups excluding carboxylic acids is 1. The molecule has 1 aromatic carbocycles. The van der Waals surface area contributed by atoms with Gasteiger partial charge in [0.25, 0.3) is 5.91 Å². The Bertz CT molecular complexity index is 1250. The minimum Gasteiger partial charge on any atom is -0.467 e. The molecule has 2 atom stereocenters. The fourth-order valence-corrected chi connectivity index (χ4v) is 6.42. The molecule has 10 heteroatoms. The highest BCUT2D eigenvalue weighted by Gasteiger charge is 2.39. The fraction of sp³-hybridized carbons (Fsp3) is 0.333. The highest BCUT2D eigenvalue weighted by molar-refractivity contribution is 7.91. The van der Waals surface area contributed by atoms with E-state index < -0.39 is 16.0 Å². The molecule has 3 aromatic rings. The normalized spacial score (nSPS) is 22.4. The molecule has 0 unspecified atom stereocenters. The number of amides is 1. The standard InChI is InChI=1S/C21H21ClN4O4S/c1-13-18(19(22)26(24-13)14-8-10-31(28,29)12-14)20-23-17-7-3-2-6-16(17)21(27)25(20)11-15-5-4-9-30-15/h2-7,9,14,20,23H,8,10-12H2,1H3/t14-,20-/m0/s1. The molecule has 31 heavy (non-hydrogen) atoms. The van der Waals surface area contributed by atoms with Crippen LogP contribution in [-0.4, -0.2) is 40.5 Å². The van der Waals surface area contributed by atoms with Crippen LogP contribution in [0.4, 0.5) is 5.69 Å². The zero-order valence-corrected chi connectivity index (χ0v) is 18.4. The molecule has 5 rings (SSSR count). The van der Waals surface area contributed by atoms with E-state index in [0.29, 0.717) is 39.8 Å². The molecule has 8 nitrogen and oxygen atoms in total. The lowest BCUT2D eigenvalue weighted by atomic mass is 10.0. The number of para-hydroxylation sites is 1. The van der Waals surface area contributed by atoms with Crippen molar-refractivity contribution in [1.82, 2.24) is 14.7 Å². The summed E-state index contributed by atoms with van der Waals surface area (Å²) in [6, 6.07) is 10.6.